The van der Waals surface area contributed by atoms with E-state index in [2.05, 4.69) is 5.32 Å². The minimum absolute atomic E-state index is 0.0230. The molecule has 1 fully saturated rings. The van der Waals surface area contributed by atoms with Crippen molar-refractivity contribution in [2.75, 3.05) is 12.0 Å². The van der Waals surface area contributed by atoms with Crippen molar-refractivity contribution in [2.45, 2.75) is 30.6 Å². The van der Waals surface area contributed by atoms with Gasteiger partial charge >= 0.3 is 0 Å². The molecule has 19 heavy (non-hydrogen) atoms. The fraction of sp³-hybridized carbons (Fsp3) is 0.462. The van der Waals surface area contributed by atoms with Crippen molar-refractivity contribution in [1.82, 2.24) is 5.32 Å². The van der Waals surface area contributed by atoms with E-state index < -0.39 is 23.1 Å². The molecule has 1 aromatic carbocycles. The number of nitrogens with two attached hydrogens (primary N) is 1. The summed E-state index contributed by atoms with van der Waals surface area (Å²) in [5.74, 6) is -2.60. The maximum Gasteiger partial charge on any atom is 0.257 e. The highest BCUT2D eigenvalue weighted by Gasteiger charge is 2.27. The summed E-state index contributed by atoms with van der Waals surface area (Å²) in [6.07, 6.45) is 4.70. The van der Waals surface area contributed by atoms with E-state index in [9.17, 15) is 13.6 Å². The third kappa shape index (κ3) is 3.00. The van der Waals surface area contributed by atoms with Gasteiger partial charge in [-0.2, -0.15) is 11.8 Å². The molecule has 2 atom stereocenters. The van der Waals surface area contributed by atoms with Crippen LogP contribution in [0.2, 0.25) is 0 Å². The highest BCUT2D eigenvalue weighted by molar-refractivity contribution is 7.99. The Morgan fingerprint density at radius 2 is 2.16 bits per heavy atom. The summed E-state index contributed by atoms with van der Waals surface area (Å²) in [4.78, 5) is 11.9. The van der Waals surface area contributed by atoms with E-state index in [0.29, 0.717) is 5.25 Å². The van der Waals surface area contributed by atoms with E-state index in [1.807, 2.05) is 6.26 Å². The first-order valence-corrected chi connectivity index (χ1v) is 7.38. The van der Waals surface area contributed by atoms with Crippen molar-refractivity contribution in [2.24, 2.45) is 0 Å². The van der Waals surface area contributed by atoms with Crippen LogP contribution in [0.25, 0.3) is 0 Å². The highest BCUT2D eigenvalue weighted by Crippen LogP contribution is 2.28. The number of rotatable bonds is 3. The fourth-order valence-electron chi connectivity index (χ4n) is 2.32. The summed E-state index contributed by atoms with van der Waals surface area (Å²) < 4.78 is 27.2. The second kappa shape index (κ2) is 5.77. The van der Waals surface area contributed by atoms with Gasteiger partial charge in [0.1, 0.15) is 11.4 Å². The molecule has 1 saturated carbocycles. The SMILES string of the molecule is CSC1CCC(NC(=O)c2c(F)ccc(N)c2F)C1. The normalized spacial score (nSPS) is 22.5. The third-order valence-electron chi connectivity index (χ3n) is 3.40. The number of nitrogens with one attached hydrogen (secondary N) is 1. The second-order valence-electron chi connectivity index (χ2n) is 4.67. The first kappa shape index (κ1) is 14.1. The largest absolute Gasteiger partial charge is 0.396 e. The van der Waals surface area contributed by atoms with Gasteiger partial charge in [-0.05, 0) is 37.7 Å². The summed E-state index contributed by atoms with van der Waals surface area (Å²) in [6, 6.07) is 2.10. The predicted molar refractivity (Wildman–Crippen MR) is 73.2 cm³/mol. The van der Waals surface area contributed by atoms with Crippen LogP contribution >= 0.6 is 11.8 Å². The Labute approximate surface area is 114 Å². The van der Waals surface area contributed by atoms with Gasteiger partial charge in [0.25, 0.3) is 5.91 Å². The average Bonchev–Trinajstić information content (AvgIpc) is 2.82. The molecule has 104 valence electrons. The lowest BCUT2D eigenvalue weighted by atomic mass is 10.1. The summed E-state index contributed by atoms with van der Waals surface area (Å²) in [7, 11) is 0. The minimum atomic E-state index is -0.989. The Morgan fingerprint density at radius 3 is 2.79 bits per heavy atom. The molecule has 2 rings (SSSR count). The topological polar surface area (TPSA) is 55.1 Å². The van der Waals surface area contributed by atoms with Crippen LogP contribution in [0.3, 0.4) is 0 Å². The quantitative estimate of drug-likeness (QED) is 0.840. The number of halogens is 2. The molecule has 0 spiro atoms. The monoisotopic (exact) mass is 286 g/mol. The van der Waals surface area contributed by atoms with Crippen LogP contribution in [0.15, 0.2) is 12.1 Å². The molecule has 6 heteroatoms. The Morgan fingerprint density at radius 1 is 1.42 bits per heavy atom. The number of benzene rings is 1. The molecule has 0 radical (unpaired) electrons. The highest BCUT2D eigenvalue weighted by atomic mass is 32.2. The molecule has 0 saturated heterocycles. The van der Waals surface area contributed by atoms with E-state index >= 15 is 0 Å². The van der Waals surface area contributed by atoms with Crippen LogP contribution in [0, 0.1) is 11.6 Å². The van der Waals surface area contributed by atoms with Crippen LogP contribution in [0.1, 0.15) is 29.6 Å². The Hall–Kier alpha value is -1.30. The first-order chi connectivity index (χ1) is 9.02. The maximum atomic E-state index is 13.7. The molecule has 3 nitrogen and oxygen atoms in total. The number of hydrogen-bond acceptors (Lipinski definition) is 3. The van der Waals surface area contributed by atoms with Gasteiger partial charge in [-0.15, -0.1) is 0 Å². The van der Waals surface area contributed by atoms with Gasteiger partial charge in [0.05, 0.1) is 5.69 Å². The number of amides is 1. The van der Waals surface area contributed by atoms with E-state index in [1.54, 1.807) is 11.8 Å². The van der Waals surface area contributed by atoms with Gasteiger partial charge in [0, 0.05) is 11.3 Å². The van der Waals surface area contributed by atoms with Crippen molar-refractivity contribution < 1.29 is 13.6 Å². The standard InChI is InChI=1S/C13H16F2N2OS/c1-19-8-3-2-7(6-8)17-13(18)11-9(14)4-5-10(16)12(11)15/h4-5,7-8H,2-3,6,16H2,1H3,(H,17,18). The Kier molecular flexibility index (Phi) is 4.29. The predicted octanol–water partition coefficient (Wildman–Crippen LogP) is 2.56. The smallest absolute Gasteiger partial charge is 0.257 e. The summed E-state index contributed by atoms with van der Waals surface area (Å²) in [6.45, 7) is 0. The van der Waals surface area contributed by atoms with E-state index in [-0.39, 0.29) is 11.7 Å². The van der Waals surface area contributed by atoms with Gasteiger partial charge in [0.15, 0.2) is 5.82 Å². The molecule has 1 aromatic rings. The van der Waals surface area contributed by atoms with Gasteiger partial charge in [0.2, 0.25) is 0 Å². The molecule has 0 aliphatic heterocycles. The van der Waals surface area contributed by atoms with Crippen molar-refractivity contribution >= 4 is 23.4 Å². The molecule has 1 amide bonds. The van der Waals surface area contributed by atoms with E-state index in [0.717, 1.165) is 31.4 Å². The number of carbonyl (C=O) groups excluding carboxylic acids is 1. The average molecular weight is 286 g/mol. The lowest BCUT2D eigenvalue weighted by Crippen LogP contribution is -2.34. The lowest BCUT2D eigenvalue weighted by Gasteiger charge is -2.14. The summed E-state index contributed by atoms with van der Waals surface area (Å²) in [5.41, 5.74) is 4.54. The van der Waals surface area contributed by atoms with E-state index in [1.165, 1.54) is 0 Å². The van der Waals surface area contributed by atoms with Gasteiger partial charge < -0.3 is 11.1 Å². The number of nitrogen functional groups attached to an aromatic ring is 1. The molecule has 0 aromatic heterocycles. The van der Waals surface area contributed by atoms with Crippen LogP contribution < -0.4 is 11.1 Å². The van der Waals surface area contributed by atoms with Crippen LogP contribution in [-0.4, -0.2) is 23.5 Å². The van der Waals surface area contributed by atoms with Crippen LogP contribution in [0.4, 0.5) is 14.5 Å². The molecule has 1 aliphatic rings. The minimum Gasteiger partial charge on any atom is -0.396 e. The summed E-state index contributed by atoms with van der Waals surface area (Å²) in [5, 5.41) is 3.18. The van der Waals surface area contributed by atoms with Crippen molar-refractivity contribution in [3.63, 3.8) is 0 Å². The zero-order valence-corrected chi connectivity index (χ0v) is 11.4. The van der Waals surface area contributed by atoms with Gasteiger partial charge in [-0.3, -0.25) is 4.79 Å². The molecular weight excluding hydrogens is 270 g/mol. The molecule has 0 heterocycles. The molecular formula is C13H16F2N2OS. The first-order valence-electron chi connectivity index (χ1n) is 6.10. The van der Waals surface area contributed by atoms with Crippen molar-refractivity contribution in [3.05, 3.63) is 29.3 Å². The van der Waals surface area contributed by atoms with Crippen LogP contribution in [0.5, 0.6) is 0 Å². The third-order valence-corrected chi connectivity index (χ3v) is 4.50. The summed E-state index contributed by atoms with van der Waals surface area (Å²) >= 11 is 1.75. The Bertz CT molecular complexity index is 496. The molecule has 1 aliphatic carbocycles. The lowest BCUT2D eigenvalue weighted by molar-refractivity contribution is 0.0929. The van der Waals surface area contributed by atoms with Gasteiger partial charge in [-0.1, -0.05) is 0 Å². The Balaban J connectivity index is 2.11. The molecule has 2 unspecified atom stereocenters. The fourth-order valence-corrected chi connectivity index (χ4v) is 3.12. The number of thioether (sulfide) groups is 1. The number of anilines is 1. The zero-order valence-electron chi connectivity index (χ0n) is 10.6. The maximum absolute atomic E-state index is 13.7. The van der Waals surface area contributed by atoms with Crippen molar-refractivity contribution in [3.8, 4) is 0 Å². The van der Waals surface area contributed by atoms with Crippen molar-refractivity contribution in [1.29, 1.82) is 0 Å². The zero-order chi connectivity index (χ0) is 14.0. The second-order valence-corrected chi connectivity index (χ2v) is 5.80. The van der Waals surface area contributed by atoms with E-state index in [4.69, 9.17) is 5.73 Å². The number of carbonyl (C=O) groups is 1. The van der Waals surface area contributed by atoms with Gasteiger partial charge in [-0.25, -0.2) is 8.78 Å². The number of hydrogen-bond donors (Lipinski definition) is 2. The molecule has 3 N–H and O–H groups in total. The molecule has 0 bridgehead atoms. The van der Waals surface area contributed by atoms with Crippen LogP contribution in [-0.2, 0) is 0 Å².